The zero-order valence-corrected chi connectivity index (χ0v) is 14.6. The molecule has 132 valence electrons. The number of hydrogen-bond acceptors (Lipinski definition) is 3. The molecule has 2 aliphatic rings. The van der Waals surface area contributed by atoms with Crippen molar-refractivity contribution in [1.29, 1.82) is 0 Å². The van der Waals surface area contributed by atoms with Crippen LogP contribution in [0.15, 0.2) is 36.5 Å². The van der Waals surface area contributed by atoms with Crippen molar-refractivity contribution in [3.05, 3.63) is 47.8 Å². The SMILES string of the molecule is CN1C[C@@H](CNC(=O)N2CCCc3[nH]ncc32)[C@H](c2ccccc2)C1. The lowest BCUT2D eigenvalue weighted by Gasteiger charge is -2.27. The zero-order chi connectivity index (χ0) is 17.2. The maximum atomic E-state index is 12.7. The quantitative estimate of drug-likeness (QED) is 0.901. The Morgan fingerprint density at radius 1 is 1.32 bits per heavy atom. The number of nitrogens with one attached hydrogen (secondary N) is 2. The Bertz CT molecular complexity index is 728. The Hall–Kier alpha value is -2.34. The fourth-order valence-electron chi connectivity index (χ4n) is 4.15. The number of nitrogens with zero attached hydrogens (tertiary/aromatic N) is 3. The van der Waals surface area contributed by atoms with Crippen LogP contribution in [0.3, 0.4) is 0 Å². The van der Waals surface area contributed by atoms with Gasteiger partial charge < -0.3 is 10.2 Å². The van der Waals surface area contributed by atoms with Gasteiger partial charge in [-0.2, -0.15) is 5.10 Å². The third-order valence-electron chi connectivity index (χ3n) is 5.41. The number of amides is 2. The maximum Gasteiger partial charge on any atom is 0.321 e. The highest BCUT2D eigenvalue weighted by atomic mass is 16.2. The van der Waals surface area contributed by atoms with Crippen molar-refractivity contribution in [3.63, 3.8) is 0 Å². The van der Waals surface area contributed by atoms with Gasteiger partial charge in [0.15, 0.2) is 0 Å². The summed E-state index contributed by atoms with van der Waals surface area (Å²) in [5.74, 6) is 0.905. The van der Waals surface area contributed by atoms with Crippen LogP contribution in [-0.2, 0) is 6.42 Å². The van der Waals surface area contributed by atoms with Crippen LogP contribution in [0.5, 0.6) is 0 Å². The predicted octanol–water partition coefficient (Wildman–Crippen LogP) is 2.22. The Kier molecular flexibility index (Phi) is 4.44. The maximum absolute atomic E-state index is 12.7. The Morgan fingerprint density at radius 2 is 2.16 bits per heavy atom. The lowest BCUT2D eigenvalue weighted by molar-refractivity contribution is 0.243. The average molecular weight is 339 g/mol. The van der Waals surface area contributed by atoms with Crippen molar-refractivity contribution < 1.29 is 4.79 Å². The van der Waals surface area contributed by atoms with E-state index in [-0.39, 0.29) is 6.03 Å². The number of anilines is 1. The molecule has 2 atom stereocenters. The standard InChI is InChI=1S/C19H25N5O/c1-23-12-15(16(13-23)14-6-3-2-4-7-14)10-20-19(25)24-9-5-8-17-18(24)11-21-22-17/h2-4,6-7,11,15-16H,5,8-10,12-13H2,1H3,(H,20,25)(H,21,22)/t15-,16+/m1/s1. The number of aromatic amines is 1. The van der Waals surface area contributed by atoms with Gasteiger partial charge in [-0.15, -0.1) is 0 Å². The molecule has 2 N–H and O–H groups in total. The summed E-state index contributed by atoms with van der Waals surface area (Å²) in [5.41, 5.74) is 3.34. The van der Waals surface area contributed by atoms with Crippen molar-refractivity contribution in [1.82, 2.24) is 20.4 Å². The number of H-pyrrole nitrogens is 1. The first-order chi connectivity index (χ1) is 12.2. The van der Waals surface area contributed by atoms with Crippen molar-refractivity contribution in [2.75, 3.05) is 38.1 Å². The number of likely N-dealkylation sites (N-methyl/N-ethyl adjacent to an activating group) is 1. The number of fused-ring (bicyclic) bond motifs is 1. The number of carbonyl (C=O) groups is 1. The van der Waals surface area contributed by atoms with Crippen molar-refractivity contribution in [2.24, 2.45) is 5.92 Å². The van der Waals surface area contributed by atoms with E-state index in [9.17, 15) is 4.79 Å². The molecule has 0 radical (unpaired) electrons. The van der Waals surface area contributed by atoms with Gasteiger partial charge in [-0.05, 0) is 31.4 Å². The number of aromatic nitrogens is 2. The van der Waals surface area contributed by atoms with Crippen LogP contribution in [0, 0.1) is 5.92 Å². The molecule has 4 rings (SSSR count). The highest BCUT2D eigenvalue weighted by Gasteiger charge is 2.33. The topological polar surface area (TPSA) is 64.3 Å². The Balaban J connectivity index is 1.41. The van der Waals surface area contributed by atoms with E-state index < -0.39 is 0 Å². The van der Waals surface area contributed by atoms with E-state index in [4.69, 9.17) is 0 Å². The summed E-state index contributed by atoms with van der Waals surface area (Å²) >= 11 is 0. The van der Waals surface area contributed by atoms with Crippen LogP contribution in [-0.4, -0.2) is 54.4 Å². The highest BCUT2D eigenvalue weighted by Crippen LogP contribution is 2.31. The molecule has 0 unspecified atom stereocenters. The third kappa shape index (κ3) is 3.26. The molecule has 6 nitrogen and oxygen atoms in total. The molecule has 1 fully saturated rings. The second-order valence-corrected chi connectivity index (χ2v) is 7.17. The van der Waals surface area contributed by atoms with E-state index in [2.05, 4.69) is 57.8 Å². The fourth-order valence-corrected chi connectivity index (χ4v) is 4.15. The first-order valence-electron chi connectivity index (χ1n) is 9.03. The summed E-state index contributed by atoms with van der Waals surface area (Å²) in [4.78, 5) is 16.9. The number of benzene rings is 1. The van der Waals surface area contributed by atoms with Crippen molar-refractivity contribution >= 4 is 11.7 Å². The van der Waals surface area contributed by atoms with Crippen LogP contribution in [0.2, 0.25) is 0 Å². The lowest BCUT2D eigenvalue weighted by atomic mass is 9.89. The third-order valence-corrected chi connectivity index (χ3v) is 5.41. The Morgan fingerprint density at radius 3 is 3.00 bits per heavy atom. The van der Waals surface area contributed by atoms with E-state index in [1.54, 1.807) is 6.20 Å². The fraction of sp³-hybridized carbons (Fsp3) is 0.474. The second kappa shape index (κ2) is 6.88. The molecule has 1 aromatic heterocycles. The number of rotatable bonds is 3. The van der Waals surface area contributed by atoms with Crippen molar-refractivity contribution in [2.45, 2.75) is 18.8 Å². The molecule has 0 bridgehead atoms. The minimum absolute atomic E-state index is 0.0104. The van der Waals surface area contributed by atoms with Gasteiger partial charge in [0.25, 0.3) is 0 Å². The molecule has 2 aliphatic heterocycles. The van der Waals surface area contributed by atoms with E-state index >= 15 is 0 Å². The summed E-state index contributed by atoms with van der Waals surface area (Å²) in [6.45, 7) is 3.51. The summed E-state index contributed by atoms with van der Waals surface area (Å²) in [5, 5.41) is 10.2. The molecule has 0 aliphatic carbocycles. The normalized spacial score (nSPS) is 23.5. The molecule has 2 amide bonds. The van der Waals surface area contributed by atoms with Gasteiger partial charge in [0.1, 0.15) is 0 Å². The molecular formula is C19H25N5O. The number of hydrogen-bond donors (Lipinski definition) is 2. The minimum atomic E-state index is -0.0104. The Labute approximate surface area is 148 Å². The number of likely N-dealkylation sites (tertiary alicyclic amines) is 1. The van der Waals surface area contributed by atoms with E-state index in [1.165, 1.54) is 5.56 Å². The summed E-state index contributed by atoms with van der Waals surface area (Å²) in [6.07, 6.45) is 3.69. The molecule has 0 saturated carbocycles. The number of carbonyl (C=O) groups excluding carboxylic acids is 1. The van der Waals surface area contributed by atoms with E-state index in [0.29, 0.717) is 18.4 Å². The first kappa shape index (κ1) is 16.1. The summed E-state index contributed by atoms with van der Waals surface area (Å²) in [6, 6.07) is 10.6. The molecule has 6 heteroatoms. The van der Waals surface area contributed by atoms with Gasteiger partial charge in [0, 0.05) is 32.1 Å². The van der Waals surface area contributed by atoms with Gasteiger partial charge in [-0.1, -0.05) is 30.3 Å². The van der Waals surface area contributed by atoms with Crippen LogP contribution in [0.25, 0.3) is 0 Å². The van der Waals surface area contributed by atoms with Gasteiger partial charge in [0.2, 0.25) is 0 Å². The highest BCUT2D eigenvalue weighted by molar-refractivity contribution is 5.92. The van der Waals surface area contributed by atoms with Crippen LogP contribution in [0.4, 0.5) is 10.5 Å². The molecule has 2 aromatic rings. The van der Waals surface area contributed by atoms with Gasteiger partial charge >= 0.3 is 6.03 Å². The van der Waals surface area contributed by atoms with Gasteiger partial charge in [0.05, 0.1) is 17.6 Å². The van der Waals surface area contributed by atoms with Crippen LogP contribution in [0.1, 0.15) is 23.6 Å². The average Bonchev–Trinajstić information content (AvgIpc) is 3.26. The molecule has 3 heterocycles. The summed E-state index contributed by atoms with van der Waals surface area (Å²) < 4.78 is 0. The smallest absolute Gasteiger partial charge is 0.321 e. The predicted molar refractivity (Wildman–Crippen MR) is 97.8 cm³/mol. The number of urea groups is 1. The van der Waals surface area contributed by atoms with Gasteiger partial charge in [-0.25, -0.2) is 4.79 Å². The van der Waals surface area contributed by atoms with E-state index in [0.717, 1.165) is 43.9 Å². The molecule has 0 spiro atoms. The van der Waals surface area contributed by atoms with Crippen LogP contribution >= 0.6 is 0 Å². The minimum Gasteiger partial charge on any atom is -0.337 e. The summed E-state index contributed by atoms with van der Waals surface area (Å²) in [7, 11) is 2.15. The largest absolute Gasteiger partial charge is 0.337 e. The van der Waals surface area contributed by atoms with Crippen LogP contribution < -0.4 is 10.2 Å². The molecular weight excluding hydrogens is 314 g/mol. The van der Waals surface area contributed by atoms with Crippen molar-refractivity contribution in [3.8, 4) is 0 Å². The first-order valence-corrected chi connectivity index (χ1v) is 9.03. The van der Waals surface area contributed by atoms with E-state index in [1.807, 2.05) is 4.90 Å². The van der Waals surface area contributed by atoms with Gasteiger partial charge in [-0.3, -0.25) is 10.00 Å². The zero-order valence-electron chi connectivity index (χ0n) is 14.6. The molecule has 25 heavy (non-hydrogen) atoms. The second-order valence-electron chi connectivity index (χ2n) is 7.17. The molecule has 1 aromatic carbocycles. The monoisotopic (exact) mass is 339 g/mol. The molecule has 1 saturated heterocycles. The lowest BCUT2D eigenvalue weighted by Crippen LogP contribution is -2.44. The number of aryl methyl sites for hydroxylation is 1.